The number of nitro groups is 3. The number of nitrogens with two attached hydrogens (primary N) is 1. The van der Waals surface area contributed by atoms with E-state index in [1.54, 1.807) is 36.4 Å². The molecule has 1 amide bonds. The number of fused-ring (bicyclic) bond motifs is 2. The number of hydrogen-bond donors (Lipinski definition) is 7. The summed E-state index contributed by atoms with van der Waals surface area (Å²) < 4.78 is 27.0. The fourth-order valence-electron chi connectivity index (χ4n) is 11.0. The molecule has 0 radical (unpaired) electrons. The molecule has 0 aliphatic heterocycles. The third-order valence-corrected chi connectivity index (χ3v) is 17.6. The van der Waals surface area contributed by atoms with Gasteiger partial charge in [0.1, 0.15) is 34.3 Å². The summed E-state index contributed by atoms with van der Waals surface area (Å²) in [5.41, 5.74) is 15.1. The van der Waals surface area contributed by atoms with Gasteiger partial charge in [-0.25, -0.2) is 78.4 Å². The SMILES string of the molecule is COC(=O)c1cnc(Cl)c([N+](=O)[O-])c1.COC(=O)c1cnc(NC(C)C)c(N)c1.COC(=O)c1cnc(NC(C)C)c(NC(=O)c2ccc(C)cc2)c1.COC(=O)c1cnc(NC(C)C)c([N+](=O)[O-])c1.COC(=O)c1cnc2c(c1)nc(-c1ccc(C)cc1)n2C(C)C.Cc1ccc(-c2nc3cc(C(=O)O)cnc3n2C(C)C)cc1.O=C(O)c1cnc(Cl)c([N+](=O)[O-])c1. The lowest BCUT2D eigenvalue weighted by molar-refractivity contribution is -0.385. The number of carboxylic acid groups (broad SMARTS) is 2. The van der Waals surface area contributed by atoms with E-state index in [0.29, 0.717) is 56.4 Å². The highest BCUT2D eigenvalue weighted by Crippen LogP contribution is 2.33. The number of carboxylic acids is 2. The van der Waals surface area contributed by atoms with Gasteiger partial charge >= 0.3 is 58.8 Å². The van der Waals surface area contributed by atoms with Gasteiger partial charge in [0.15, 0.2) is 11.3 Å². The summed E-state index contributed by atoms with van der Waals surface area (Å²) in [7, 11) is 6.35. The summed E-state index contributed by atoms with van der Waals surface area (Å²) in [4.78, 5) is 157. The molecule has 3 aromatic carbocycles. The van der Waals surface area contributed by atoms with Crippen LogP contribution in [0.4, 0.5) is 45.9 Å². The molecule has 0 aliphatic rings. The van der Waals surface area contributed by atoms with Crippen LogP contribution >= 0.6 is 23.2 Å². The van der Waals surface area contributed by atoms with Crippen molar-refractivity contribution in [1.82, 2.24) is 54.0 Å². The molecule has 42 heteroatoms. The Morgan fingerprint density at radius 1 is 0.391 bits per heavy atom. The zero-order valence-corrected chi connectivity index (χ0v) is 74.2. The highest BCUT2D eigenvalue weighted by atomic mass is 35.5. The zero-order chi connectivity index (χ0) is 95.2. The largest absolute Gasteiger partial charge is 0.478 e. The molecule has 9 heterocycles. The first-order chi connectivity index (χ1) is 60.4. The number of benzene rings is 3. The van der Waals surface area contributed by atoms with Crippen LogP contribution in [0.2, 0.25) is 10.3 Å². The van der Waals surface area contributed by atoms with E-state index in [2.05, 4.69) is 139 Å². The van der Waals surface area contributed by atoms with Crippen molar-refractivity contribution in [2.45, 2.75) is 120 Å². The maximum absolute atomic E-state index is 12.4. The summed E-state index contributed by atoms with van der Waals surface area (Å²) in [6, 6.07) is 33.7. The van der Waals surface area contributed by atoms with Gasteiger partial charge in [0.05, 0.1) is 101 Å². The molecular formula is C86H93Cl2N19O21. The first-order valence-electron chi connectivity index (χ1n) is 38.4. The number of ether oxygens (including phenoxy) is 5. The number of amides is 1. The maximum Gasteiger partial charge on any atom is 0.339 e. The van der Waals surface area contributed by atoms with Gasteiger partial charge in [0, 0.05) is 108 Å². The van der Waals surface area contributed by atoms with Gasteiger partial charge in [-0.05, 0) is 126 Å². The van der Waals surface area contributed by atoms with Crippen molar-refractivity contribution in [3.8, 4) is 22.8 Å². The predicted octanol–water partition coefficient (Wildman–Crippen LogP) is 16.3. The number of nitrogens with one attached hydrogen (secondary N) is 4. The molecule has 0 unspecified atom stereocenters. The number of pyridine rings is 7. The fraction of sp³-hybridized carbons (Fsp3) is 0.267. The molecule has 0 saturated heterocycles. The van der Waals surface area contributed by atoms with Crippen LogP contribution in [0, 0.1) is 51.1 Å². The van der Waals surface area contributed by atoms with E-state index in [0.717, 1.165) is 64.6 Å². The summed E-state index contributed by atoms with van der Waals surface area (Å²) in [6.45, 7) is 25.9. The molecular weight excluding hydrogens is 1710 g/mol. The number of hydrogen-bond acceptors (Lipinski definition) is 32. The Morgan fingerprint density at radius 3 is 1.06 bits per heavy atom. The van der Waals surface area contributed by atoms with Crippen LogP contribution in [0.15, 0.2) is 159 Å². The third-order valence-electron chi connectivity index (χ3n) is 17.1. The quantitative estimate of drug-likeness (QED) is 0.0109. The van der Waals surface area contributed by atoms with Crippen LogP contribution in [0.3, 0.4) is 0 Å². The van der Waals surface area contributed by atoms with E-state index in [1.165, 1.54) is 77.7 Å². The molecule has 0 aliphatic carbocycles. The Labute approximate surface area is 742 Å². The topological polar surface area (TPSA) is 553 Å². The van der Waals surface area contributed by atoms with E-state index in [9.17, 15) is 68.7 Å². The second kappa shape index (κ2) is 47.3. The van der Waals surface area contributed by atoms with Crippen LogP contribution in [0.25, 0.3) is 45.1 Å². The van der Waals surface area contributed by atoms with Crippen molar-refractivity contribution in [2.24, 2.45) is 0 Å². The number of nitrogen functional groups attached to an aromatic ring is 1. The molecule has 8 N–H and O–H groups in total. The molecule has 672 valence electrons. The van der Waals surface area contributed by atoms with Gasteiger partial charge in [0.25, 0.3) is 5.91 Å². The van der Waals surface area contributed by atoms with Gasteiger partial charge in [-0.3, -0.25) is 35.1 Å². The second-order valence-electron chi connectivity index (χ2n) is 28.7. The number of nitrogens with zero attached hydrogens (tertiary/aromatic N) is 14. The number of aromatic carboxylic acids is 2. The number of esters is 5. The second-order valence-corrected chi connectivity index (χ2v) is 29.4. The van der Waals surface area contributed by atoms with Crippen LogP contribution in [0.1, 0.15) is 181 Å². The van der Waals surface area contributed by atoms with Crippen molar-refractivity contribution < 1.29 is 87.0 Å². The standard InChI is InChI=1S/C18H21N3O3.C18H19N3O2.C17H17N3O2.C10H13N3O4.C10H15N3O2.C7H5ClN2O4.C6H3ClN2O4/c1-11(2)20-16-15(9-14(10-19-16)18(23)24-4)21-17(22)13-7-5-12(3)6-8-13;1-11(2)21-16(13-7-5-12(3)6-8-13)20-15-9-14(18(22)23-4)10-19-17(15)21;1-10(2)20-15(12-6-4-11(3)5-7-12)19-14-8-13(17(21)22)9-18-16(14)20;1-6(2)12-9-8(13(15)16)4-7(5-11-9)10(14)17-3;1-6(2)13-9-8(11)4-7(5-12-9)10(14)15-3;1-14-7(11)4-2-5(10(12)13)6(8)9-3-4;7-5-4(9(12)13)1-3(2-8-5)6(10)11/h5-11H,1-4H3,(H,19,20)(H,21,22);5-11H,1-4H3;4-10H,1-3H3,(H,21,22);4-6H,1-3H3,(H,11,12);4-6H,11H2,1-3H3,(H,12,13);2-3H,1H3;1-2H,(H,10,11). The number of carbonyl (C=O) groups excluding carboxylic acids is 6. The van der Waals surface area contributed by atoms with Gasteiger partial charge in [-0.15, -0.1) is 0 Å². The maximum atomic E-state index is 12.4. The number of carbonyl (C=O) groups is 8. The number of aryl methyl sites for hydroxylation is 3. The van der Waals surface area contributed by atoms with Crippen molar-refractivity contribution in [3.63, 3.8) is 0 Å². The smallest absolute Gasteiger partial charge is 0.339 e. The Bertz CT molecular complexity index is 6030. The molecule has 0 atom stereocenters. The lowest BCUT2D eigenvalue weighted by Gasteiger charge is -2.15. The number of methoxy groups -OCH3 is 5. The van der Waals surface area contributed by atoms with Gasteiger partial charge in [0.2, 0.25) is 16.1 Å². The minimum Gasteiger partial charge on any atom is -0.478 e. The van der Waals surface area contributed by atoms with Crippen LogP contribution in [0.5, 0.6) is 0 Å². The number of imidazole rings is 2. The Morgan fingerprint density at radius 2 is 0.688 bits per heavy atom. The summed E-state index contributed by atoms with van der Waals surface area (Å²) in [6.07, 6.45) is 9.07. The minimum absolute atomic E-state index is 0.00479. The van der Waals surface area contributed by atoms with Crippen molar-refractivity contribution in [2.75, 3.05) is 62.5 Å². The highest BCUT2D eigenvalue weighted by molar-refractivity contribution is 6.31. The van der Waals surface area contributed by atoms with E-state index in [4.69, 9.17) is 53.6 Å². The van der Waals surface area contributed by atoms with Gasteiger partial charge in [-0.2, -0.15) is 0 Å². The van der Waals surface area contributed by atoms with Gasteiger partial charge < -0.3 is 70.0 Å². The number of anilines is 5. The predicted molar refractivity (Wildman–Crippen MR) is 478 cm³/mol. The number of rotatable bonds is 22. The van der Waals surface area contributed by atoms with Crippen molar-refractivity contribution >= 4 is 139 Å². The number of halogens is 2. The van der Waals surface area contributed by atoms with Gasteiger partial charge in [-0.1, -0.05) is 101 Å². The van der Waals surface area contributed by atoms with Crippen molar-refractivity contribution in [3.05, 3.63) is 260 Å². The van der Waals surface area contributed by atoms with Crippen LogP contribution in [-0.2, 0) is 23.7 Å². The Balaban J connectivity index is 0.000000233. The molecule has 9 aromatic heterocycles. The summed E-state index contributed by atoms with van der Waals surface area (Å²) in [5, 5.41) is 60.4. The molecule has 0 fully saturated rings. The Hall–Kier alpha value is -15.6. The molecule has 0 spiro atoms. The van der Waals surface area contributed by atoms with Crippen LogP contribution < -0.4 is 27.0 Å². The van der Waals surface area contributed by atoms with E-state index >= 15 is 0 Å². The lowest BCUT2D eigenvalue weighted by Crippen LogP contribution is -2.18. The van der Waals surface area contributed by atoms with Crippen molar-refractivity contribution in [1.29, 1.82) is 0 Å². The van der Waals surface area contributed by atoms with E-state index < -0.39 is 67.9 Å². The molecule has 12 aromatic rings. The third kappa shape index (κ3) is 28.5. The molecule has 128 heavy (non-hydrogen) atoms. The lowest BCUT2D eigenvalue weighted by atomic mass is 10.1. The zero-order valence-electron chi connectivity index (χ0n) is 72.6. The molecule has 12 rings (SSSR count). The monoisotopic (exact) mass is 1800 g/mol. The highest BCUT2D eigenvalue weighted by Gasteiger charge is 2.25. The minimum atomic E-state index is -1.28. The first kappa shape index (κ1) is 101. The summed E-state index contributed by atoms with van der Waals surface area (Å²) in [5.74, 6) is -2.39. The van der Waals surface area contributed by atoms with E-state index in [-0.39, 0.29) is 85.7 Å². The molecule has 0 saturated carbocycles. The Kier molecular flexibility index (Phi) is 37.4. The first-order valence-corrected chi connectivity index (χ1v) is 39.2. The fourth-order valence-corrected chi connectivity index (χ4v) is 11.3. The average molecular weight is 1800 g/mol. The van der Waals surface area contributed by atoms with E-state index in [1.807, 2.05) is 96.4 Å². The summed E-state index contributed by atoms with van der Waals surface area (Å²) >= 11 is 10.8. The normalized spacial score (nSPS) is 10.4. The average Bonchev–Trinajstić information content (AvgIpc) is 1.62. The molecule has 0 bridgehead atoms. The van der Waals surface area contributed by atoms with Crippen LogP contribution in [-0.4, -0.2) is 180 Å². The molecule has 40 nitrogen and oxygen atoms in total. The number of aromatic nitrogens is 11.